The van der Waals surface area contributed by atoms with Crippen LogP contribution in [0.25, 0.3) is 0 Å². The van der Waals surface area contributed by atoms with Gasteiger partial charge in [-0.25, -0.2) is 0 Å². The van der Waals surface area contributed by atoms with Crippen LogP contribution in [0, 0.1) is 33.5 Å². The third-order valence-corrected chi connectivity index (χ3v) is 15.5. The summed E-state index contributed by atoms with van der Waals surface area (Å²) in [6.45, 7) is 36.4. The first-order valence-electron chi connectivity index (χ1n) is 20.1. The van der Waals surface area contributed by atoms with E-state index in [0.29, 0.717) is 10.8 Å². The van der Waals surface area contributed by atoms with E-state index in [2.05, 4.69) is 119 Å². The summed E-state index contributed by atoms with van der Waals surface area (Å²) in [4.78, 5) is 5.72. The molecule has 0 amide bonds. The molecule has 0 aromatic heterocycles. The molecule has 2 aliphatic heterocycles. The minimum atomic E-state index is 0.140. The molecular weight excluding hydrogens is 924 g/mol. The van der Waals surface area contributed by atoms with Crippen LogP contribution in [0.15, 0.2) is 34.7 Å². The van der Waals surface area contributed by atoms with Crippen molar-refractivity contribution < 1.29 is 38.7 Å². The average molecular weight is 1000 g/mol. The van der Waals surface area contributed by atoms with Gasteiger partial charge < -0.3 is 0 Å². The van der Waals surface area contributed by atoms with Crippen LogP contribution >= 0.6 is 0 Å². The molecular formula is C44H78N2W2. The van der Waals surface area contributed by atoms with Crippen molar-refractivity contribution in [3.05, 3.63) is 34.7 Å². The summed E-state index contributed by atoms with van der Waals surface area (Å²) in [6, 6.07) is 0. The van der Waals surface area contributed by atoms with Gasteiger partial charge in [0, 0.05) is 0 Å². The Morgan fingerprint density at radius 1 is 0.625 bits per heavy atom. The van der Waals surface area contributed by atoms with Crippen LogP contribution in [0.2, 0.25) is 0 Å². The van der Waals surface area contributed by atoms with E-state index in [1.807, 2.05) is 0 Å². The van der Waals surface area contributed by atoms with Crippen LogP contribution < -0.4 is 0 Å². The van der Waals surface area contributed by atoms with Crippen molar-refractivity contribution in [2.24, 2.45) is 33.5 Å². The molecule has 0 saturated heterocycles. The van der Waals surface area contributed by atoms with Gasteiger partial charge in [0.15, 0.2) is 0 Å². The van der Waals surface area contributed by atoms with Gasteiger partial charge in [-0.3, -0.25) is 0 Å². The zero-order valence-electron chi connectivity index (χ0n) is 34.3. The van der Waals surface area contributed by atoms with E-state index in [-0.39, 0.29) is 10.8 Å². The number of hydrogen-bond donors (Lipinski definition) is 0. The molecule has 0 N–H and O–H groups in total. The molecule has 0 saturated carbocycles. The number of nitrogens with zero attached hydrogens (tertiary/aromatic N) is 2. The summed E-state index contributed by atoms with van der Waals surface area (Å²) in [5.74, 6) is 1.49. The van der Waals surface area contributed by atoms with E-state index in [1.54, 1.807) is 63.6 Å². The van der Waals surface area contributed by atoms with Gasteiger partial charge in [0.05, 0.1) is 0 Å². The average Bonchev–Trinajstić information content (AvgIpc) is 3.17. The van der Waals surface area contributed by atoms with Gasteiger partial charge in [-0.15, -0.1) is 0 Å². The van der Waals surface area contributed by atoms with Gasteiger partial charge in [-0.2, -0.15) is 0 Å². The number of hydrogen-bond acceptors (Lipinski definition) is 2. The summed E-state index contributed by atoms with van der Waals surface area (Å²) in [7, 11) is 0. The normalized spacial score (nSPS) is 24.0. The fraction of sp³-hybridized carbons (Fsp3) is 0.818. The fourth-order valence-corrected chi connectivity index (χ4v) is 13.3. The first kappa shape index (κ1) is 44.1. The van der Waals surface area contributed by atoms with Crippen molar-refractivity contribution >= 4 is 8.04 Å². The van der Waals surface area contributed by atoms with Crippen molar-refractivity contribution in [3.8, 4) is 0 Å². The third-order valence-electron chi connectivity index (χ3n) is 11.1. The van der Waals surface area contributed by atoms with Gasteiger partial charge in [0.1, 0.15) is 0 Å². The quantitative estimate of drug-likeness (QED) is 0.135. The van der Waals surface area contributed by atoms with Crippen molar-refractivity contribution in [2.75, 3.05) is 13.1 Å². The number of rotatable bonds is 18. The Morgan fingerprint density at radius 2 is 1.12 bits per heavy atom. The molecule has 48 heavy (non-hydrogen) atoms. The molecule has 0 aromatic carbocycles. The van der Waals surface area contributed by atoms with Gasteiger partial charge in [-0.1, -0.05) is 0 Å². The SMILES string of the molecule is CCCCC1(CCC)[C](=[W])N(CCCC(C)CC(C)(C)C)/C(C)=C/C2=C(/C=C/1C)N(CCC(C)CC(C)(C)C)[C](=[W])C2(CCC)CCC. The molecule has 2 heterocycles. The topological polar surface area (TPSA) is 6.48 Å². The molecule has 0 fully saturated rings. The van der Waals surface area contributed by atoms with E-state index in [9.17, 15) is 0 Å². The maximum atomic E-state index is 2.87. The molecule has 2 rings (SSSR count). The van der Waals surface area contributed by atoms with Crippen LogP contribution in [-0.4, -0.2) is 30.9 Å². The van der Waals surface area contributed by atoms with Gasteiger partial charge in [-0.05, 0) is 0 Å². The molecule has 2 nitrogen and oxygen atoms in total. The molecule has 0 radical (unpaired) electrons. The molecule has 276 valence electrons. The molecule has 3 atom stereocenters. The maximum absolute atomic E-state index is 2.87. The van der Waals surface area contributed by atoms with Gasteiger partial charge in [0.25, 0.3) is 0 Å². The van der Waals surface area contributed by atoms with Crippen molar-refractivity contribution in [3.63, 3.8) is 0 Å². The monoisotopic (exact) mass is 1000 g/mol. The fourth-order valence-electron chi connectivity index (χ4n) is 9.30. The van der Waals surface area contributed by atoms with Crippen molar-refractivity contribution in [1.29, 1.82) is 0 Å². The summed E-state index contributed by atoms with van der Waals surface area (Å²) in [5.41, 5.74) is 7.41. The van der Waals surface area contributed by atoms with E-state index in [0.717, 1.165) is 24.9 Å². The van der Waals surface area contributed by atoms with Crippen molar-refractivity contribution in [1.82, 2.24) is 9.80 Å². The van der Waals surface area contributed by atoms with E-state index >= 15 is 0 Å². The number of allylic oxidation sites excluding steroid dienone is 3. The standard InChI is InChI=1S/C44H78N2.2W/c1-15-19-26-43(23-16-2)33-45(27-20-21-35(5)31-41(9,10)11)38(8)30-39-40(29-37(43)7)46(28-22-36(6)32-42(12,13)14)34-44(39,24-17-3)25-18-4;;/h29-30,35-36H,15-28,31-32H2,1-14H3;;/b37-29+,38-30+;;. The van der Waals surface area contributed by atoms with Crippen LogP contribution in [0.4, 0.5) is 0 Å². The minimum absolute atomic E-state index is 0.140. The predicted molar refractivity (Wildman–Crippen MR) is 207 cm³/mol. The molecule has 0 spiro atoms. The summed E-state index contributed by atoms with van der Waals surface area (Å²) < 4.78 is 3.40. The first-order chi connectivity index (χ1) is 22.3. The van der Waals surface area contributed by atoms with E-state index in [4.69, 9.17) is 0 Å². The number of unbranched alkanes of at least 4 members (excludes halogenated alkanes) is 1. The van der Waals surface area contributed by atoms with Crippen LogP contribution in [0.5, 0.6) is 0 Å². The Morgan fingerprint density at radius 3 is 1.62 bits per heavy atom. The second kappa shape index (κ2) is 19.1. The van der Waals surface area contributed by atoms with Crippen LogP contribution in [0.3, 0.4) is 0 Å². The molecule has 2 aliphatic rings. The predicted octanol–water partition coefficient (Wildman–Crippen LogP) is 13.0. The molecule has 0 aromatic rings. The van der Waals surface area contributed by atoms with Crippen LogP contribution in [-0.2, 0) is 38.7 Å². The zero-order valence-corrected chi connectivity index (χ0v) is 40.2. The third kappa shape index (κ3) is 11.5. The second-order valence-electron chi connectivity index (χ2n) is 18.5. The van der Waals surface area contributed by atoms with Gasteiger partial charge in [0.2, 0.25) is 0 Å². The van der Waals surface area contributed by atoms with E-state index in [1.165, 1.54) is 95.6 Å². The Balaban J connectivity index is 2.82. The Kier molecular flexibility index (Phi) is 17.6. The Labute approximate surface area is 322 Å². The van der Waals surface area contributed by atoms with Crippen LogP contribution in [0.1, 0.15) is 187 Å². The zero-order chi connectivity index (χ0) is 36.5. The summed E-state index contributed by atoms with van der Waals surface area (Å²) >= 11 is 3.35. The summed E-state index contributed by atoms with van der Waals surface area (Å²) in [6.07, 6.45) is 23.2. The Bertz CT molecular complexity index is 1150. The van der Waals surface area contributed by atoms with E-state index < -0.39 is 0 Å². The van der Waals surface area contributed by atoms with Gasteiger partial charge >= 0.3 is 325 Å². The second-order valence-corrected chi connectivity index (χ2v) is 21.3. The molecule has 4 heteroatoms. The molecule has 0 bridgehead atoms. The molecule has 0 aliphatic carbocycles. The van der Waals surface area contributed by atoms with Crippen molar-refractivity contribution in [2.45, 2.75) is 187 Å². The summed E-state index contributed by atoms with van der Waals surface area (Å²) in [5, 5.41) is 0. The molecule has 3 unspecified atom stereocenters. The Hall–Kier alpha value is -0.0634. The first-order valence-corrected chi connectivity index (χ1v) is 23.0.